The minimum atomic E-state index is -0.189. The summed E-state index contributed by atoms with van der Waals surface area (Å²) in [7, 11) is 0. The molecule has 0 unspecified atom stereocenters. The Kier molecular flexibility index (Phi) is 4.81. The monoisotopic (exact) mass is 301 g/mol. The van der Waals surface area contributed by atoms with E-state index in [0.717, 1.165) is 6.42 Å². The lowest BCUT2D eigenvalue weighted by Crippen LogP contribution is -2.10. The van der Waals surface area contributed by atoms with E-state index < -0.39 is 0 Å². The first kappa shape index (κ1) is 15.3. The molecule has 1 N–H and O–H groups in total. The molecule has 2 rings (SSSR count). The molecule has 1 aromatic carbocycles. The van der Waals surface area contributed by atoms with Gasteiger partial charge in [0.2, 0.25) is 5.78 Å². The average molecular weight is 302 g/mol. The molecule has 108 valence electrons. The molecule has 0 amide bonds. The Hall–Kier alpha value is -2.07. The molecular weight excluding hydrogens is 286 g/mol. The Morgan fingerprint density at radius 2 is 2.00 bits per heavy atom. The molecule has 0 saturated carbocycles. The number of nitrogens with zero attached hydrogens (tertiary/aromatic N) is 2. The number of nitrogens with one attached hydrogen (secondary N) is 1. The molecular formula is C16H16ClN3O. The van der Waals surface area contributed by atoms with Crippen LogP contribution in [0.3, 0.4) is 0 Å². The minimum absolute atomic E-state index is 0.189. The second kappa shape index (κ2) is 6.59. The van der Waals surface area contributed by atoms with E-state index in [4.69, 9.17) is 17.1 Å². The number of aromatic nitrogens is 1. The normalized spacial score (nSPS) is 10.4. The lowest BCUT2D eigenvalue weighted by molar-refractivity contribution is 0.103. The van der Waals surface area contributed by atoms with Crippen LogP contribution in [0.4, 0.5) is 5.69 Å². The maximum atomic E-state index is 12.6. The van der Waals surface area contributed by atoms with Crippen molar-refractivity contribution in [3.8, 4) is 0 Å². The van der Waals surface area contributed by atoms with Crippen molar-refractivity contribution in [1.29, 1.82) is 5.53 Å². The fraction of sp³-hybridized carbons (Fsp3) is 0.250. The molecule has 0 saturated heterocycles. The standard InChI is InChI=1S/C16H16ClN3O/c1-3-7-12-13(20-18)10(2)16(17)19-14(12)15(21)11-8-5-4-6-9-11/h4-6,8-9,18H,3,7H2,1-2H3. The van der Waals surface area contributed by atoms with Crippen molar-refractivity contribution in [3.63, 3.8) is 0 Å². The van der Waals surface area contributed by atoms with E-state index in [1.165, 1.54) is 0 Å². The molecule has 0 aliphatic heterocycles. The number of hydrogen-bond acceptors (Lipinski definition) is 4. The maximum Gasteiger partial charge on any atom is 0.211 e. The molecule has 1 aromatic heterocycles. The van der Waals surface area contributed by atoms with Crippen LogP contribution in [-0.2, 0) is 6.42 Å². The maximum absolute atomic E-state index is 12.6. The highest BCUT2D eigenvalue weighted by molar-refractivity contribution is 6.31. The van der Waals surface area contributed by atoms with Gasteiger partial charge in [0, 0.05) is 16.7 Å². The predicted molar refractivity (Wildman–Crippen MR) is 82.7 cm³/mol. The van der Waals surface area contributed by atoms with Crippen LogP contribution in [0.15, 0.2) is 35.4 Å². The molecule has 5 heteroatoms. The van der Waals surface area contributed by atoms with Gasteiger partial charge in [-0.15, -0.1) is 0 Å². The van der Waals surface area contributed by atoms with Gasteiger partial charge in [0.15, 0.2) is 0 Å². The highest BCUT2D eigenvalue weighted by atomic mass is 35.5. The molecule has 0 fully saturated rings. The van der Waals surface area contributed by atoms with Crippen LogP contribution < -0.4 is 0 Å². The van der Waals surface area contributed by atoms with Crippen LogP contribution >= 0.6 is 11.6 Å². The lowest BCUT2D eigenvalue weighted by atomic mass is 9.98. The fourth-order valence-electron chi connectivity index (χ4n) is 2.24. The molecule has 0 bridgehead atoms. The number of benzene rings is 1. The summed E-state index contributed by atoms with van der Waals surface area (Å²) in [6.07, 6.45) is 1.47. The molecule has 0 spiro atoms. The van der Waals surface area contributed by atoms with Crippen LogP contribution in [0.5, 0.6) is 0 Å². The molecule has 21 heavy (non-hydrogen) atoms. The molecule has 0 atom stereocenters. The topological polar surface area (TPSA) is 66.2 Å². The fourth-order valence-corrected chi connectivity index (χ4v) is 2.41. The second-order valence-electron chi connectivity index (χ2n) is 4.76. The molecule has 1 heterocycles. The first-order valence-corrected chi connectivity index (χ1v) is 7.14. The summed E-state index contributed by atoms with van der Waals surface area (Å²) in [5.41, 5.74) is 10.0. The number of ketones is 1. The minimum Gasteiger partial charge on any atom is -0.287 e. The average Bonchev–Trinajstić information content (AvgIpc) is 2.51. The molecule has 4 nitrogen and oxygen atoms in total. The first-order chi connectivity index (χ1) is 10.1. The summed E-state index contributed by atoms with van der Waals surface area (Å²) in [5.74, 6) is -0.189. The quantitative estimate of drug-likeness (QED) is 0.485. The van der Waals surface area contributed by atoms with E-state index in [0.29, 0.717) is 34.5 Å². The lowest BCUT2D eigenvalue weighted by Gasteiger charge is -2.13. The number of carbonyl (C=O) groups excluding carboxylic acids is 1. The van der Waals surface area contributed by atoms with Crippen LogP contribution in [-0.4, -0.2) is 10.8 Å². The zero-order valence-electron chi connectivity index (χ0n) is 12.0. The Morgan fingerprint density at radius 3 is 2.57 bits per heavy atom. The van der Waals surface area contributed by atoms with E-state index in [1.807, 2.05) is 13.0 Å². The number of halogens is 1. The van der Waals surface area contributed by atoms with Gasteiger partial charge in [-0.25, -0.2) is 10.5 Å². The largest absolute Gasteiger partial charge is 0.287 e. The van der Waals surface area contributed by atoms with Gasteiger partial charge in [0.1, 0.15) is 10.8 Å². The van der Waals surface area contributed by atoms with Gasteiger partial charge in [-0.05, 0) is 13.3 Å². The number of pyridine rings is 1. The van der Waals surface area contributed by atoms with Crippen LogP contribution in [0, 0.1) is 12.5 Å². The summed E-state index contributed by atoms with van der Waals surface area (Å²) in [6, 6.07) is 8.94. The Bertz CT molecular complexity index is 684. The Labute approximate surface area is 128 Å². The van der Waals surface area contributed by atoms with Crippen molar-refractivity contribution in [2.45, 2.75) is 26.7 Å². The van der Waals surface area contributed by atoms with Gasteiger partial charge in [-0.3, -0.25) is 4.79 Å². The number of rotatable bonds is 5. The number of carbonyl (C=O) groups is 1. The van der Waals surface area contributed by atoms with E-state index in [-0.39, 0.29) is 10.9 Å². The van der Waals surface area contributed by atoms with Gasteiger partial charge in [-0.2, -0.15) is 5.11 Å². The van der Waals surface area contributed by atoms with Gasteiger partial charge >= 0.3 is 0 Å². The second-order valence-corrected chi connectivity index (χ2v) is 5.12. The van der Waals surface area contributed by atoms with Crippen LogP contribution in [0.1, 0.15) is 40.5 Å². The van der Waals surface area contributed by atoms with Crippen molar-refractivity contribution in [1.82, 2.24) is 4.98 Å². The van der Waals surface area contributed by atoms with Crippen molar-refractivity contribution in [2.24, 2.45) is 5.11 Å². The van der Waals surface area contributed by atoms with E-state index in [1.54, 1.807) is 31.2 Å². The third-order valence-electron chi connectivity index (χ3n) is 3.31. The van der Waals surface area contributed by atoms with Crippen molar-refractivity contribution in [2.75, 3.05) is 0 Å². The van der Waals surface area contributed by atoms with Gasteiger partial charge < -0.3 is 0 Å². The first-order valence-electron chi connectivity index (χ1n) is 6.76. The SMILES string of the molecule is CCCc1c(C(=O)c2ccccc2)nc(Cl)c(C)c1N=N. The summed E-state index contributed by atoms with van der Waals surface area (Å²) >= 11 is 6.09. The van der Waals surface area contributed by atoms with Gasteiger partial charge in [0.25, 0.3) is 0 Å². The third-order valence-corrected chi connectivity index (χ3v) is 3.68. The molecule has 0 aliphatic rings. The van der Waals surface area contributed by atoms with E-state index in [2.05, 4.69) is 10.1 Å². The van der Waals surface area contributed by atoms with Gasteiger partial charge in [0.05, 0.1) is 5.69 Å². The van der Waals surface area contributed by atoms with Crippen molar-refractivity contribution >= 4 is 23.1 Å². The Balaban J connectivity index is 2.65. The summed E-state index contributed by atoms with van der Waals surface area (Å²) < 4.78 is 0. The summed E-state index contributed by atoms with van der Waals surface area (Å²) in [6.45, 7) is 3.77. The van der Waals surface area contributed by atoms with E-state index in [9.17, 15) is 4.79 Å². The summed E-state index contributed by atoms with van der Waals surface area (Å²) in [5, 5.41) is 3.78. The van der Waals surface area contributed by atoms with E-state index >= 15 is 0 Å². The molecule has 0 aliphatic carbocycles. The third kappa shape index (κ3) is 3.00. The van der Waals surface area contributed by atoms with Gasteiger partial charge in [-0.1, -0.05) is 55.3 Å². The summed E-state index contributed by atoms with van der Waals surface area (Å²) in [4.78, 5) is 16.9. The Morgan fingerprint density at radius 1 is 1.33 bits per heavy atom. The van der Waals surface area contributed by atoms with Crippen LogP contribution in [0.25, 0.3) is 0 Å². The molecule has 2 aromatic rings. The zero-order chi connectivity index (χ0) is 15.4. The molecule has 0 radical (unpaired) electrons. The van der Waals surface area contributed by atoms with Crippen LogP contribution in [0.2, 0.25) is 5.15 Å². The van der Waals surface area contributed by atoms with Crippen molar-refractivity contribution < 1.29 is 4.79 Å². The highest BCUT2D eigenvalue weighted by Gasteiger charge is 2.21. The zero-order valence-corrected chi connectivity index (χ0v) is 12.7. The number of hydrogen-bond donors (Lipinski definition) is 1. The smallest absolute Gasteiger partial charge is 0.211 e. The highest BCUT2D eigenvalue weighted by Crippen LogP contribution is 2.32. The predicted octanol–water partition coefficient (Wildman–Crippen LogP) is 4.89. The van der Waals surface area contributed by atoms with Crippen molar-refractivity contribution in [3.05, 3.63) is 57.9 Å².